The van der Waals surface area contributed by atoms with Crippen molar-refractivity contribution in [2.24, 2.45) is 0 Å². The quantitative estimate of drug-likeness (QED) is 0.608. The number of anilines is 1. The number of alkyl halides is 2. The fourth-order valence-electron chi connectivity index (χ4n) is 3.02. The molecule has 150 valence electrons. The molecule has 2 rings (SSSR count). The second-order valence-electron chi connectivity index (χ2n) is 6.56. The fourth-order valence-corrected chi connectivity index (χ4v) is 3.02. The Kier molecular flexibility index (Phi) is 7.35. The van der Waals surface area contributed by atoms with E-state index in [1.165, 1.54) is 6.07 Å². The molecule has 2 amide bonds. The highest BCUT2D eigenvalue weighted by Crippen LogP contribution is 2.26. The van der Waals surface area contributed by atoms with Gasteiger partial charge in [0, 0.05) is 23.8 Å². The predicted molar refractivity (Wildman–Crippen MR) is 96.5 cm³/mol. The van der Waals surface area contributed by atoms with E-state index < -0.39 is 25.0 Å². The first-order valence-corrected chi connectivity index (χ1v) is 8.83. The second kappa shape index (κ2) is 9.50. The average Bonchev–Trinajstić information content (AvgIpc) is 2.56. The lowest BCUT2D eigenvalue weighted by molar-refractivity contribution is -0.139. The Labute approximate surface area is 156 Å². The summed E-state index contributed by atoms with van der Waals surface area (Å²) >= 11 is 0. The number of nitrogens with one attached hydrogen (secondary N) is 2. The lowest BCUT2D eigenvalue weighted by atomic mass is 9.85. The van der Waals surface area contributed by atoms with Crippen LogP contribution in [-0.4, -0.2) is 60.2 Å². The van der Waals surface area contributed by atoms with E-state index in [2.05, 4.69) is 10.6 Å². The second-order valence-corrected chi connectivity index (χ2v) is 6.56. The van der Waals surface area contributed by atoms with Crippen molar-refractivity contribution in [3.05, 3.63) is 23.8 Å². The van der Waals surface area contributed by atoms with Gasteiger partial charge in [0.2, 0.25) is 0 Å². The van der Waals surface area contributed by atoms with Crippen LogP contribution >= 0.6 is 0 Å². The maximum atomic E-state index is 12.3. The molecule has 7 nitrogen and oxygen atoms in total. The van der Waals surface area contributed by atoms with Crippen molar-refractivity contribution in [1.82, 2.24) is 10.2 Å². The van der Waals surface area contributed by atoms with Crippen LogP contribution < -0.4 is 15.4 Å². The summed E-state index contributed by atoms with van der Waals surface area (Å²) in [6.07, 6.45) is -1.20. The molecule has 27 heavy (non-hydrogen) atoms. The van der Waals surface area contributed by atoms with Gasteiger partial charge in [0.1, 0.15) is 12.4 Å². The van der Waals surface area contributed by atoms with E-state index >= 15 is 0 Å². The third-order valence-electron chi connectivity index (χ3n) is 4.52. The van der Waals surface area contributed by atoms with Gasteiger partial charge < -0.3 is 20.5 Å². The number of ether oxygens (including phenoxy) is 1. The van der Waals surface area contributed by atoms with Gasteiger partial charge in [-0.25, -0.2) is 13.6 Å². The molecule has 0 heterocycles. The van der Waals surface area contributed by atoms with Crippen molar-refractivity contribution in [3.8, 4) is 5.75 Å². The van der Waals surface area contributed by atoms with Crippen LogP contribution in [-0.2, 0) is 4.79 Å². The zero-order valence-electron chi connectivity index (χ0n) is 15.4. The molecule has 0 bridgehead atoms. The van der Waals surface area contributed by atoms with Gasteiger partial charge in [0.15, 0.2) is 0 Å². The van der Waals surface area contributed by atoms with Gasteiger partial charge in [-0.05, 0) is 37.9 Å². The Morgan fingerprint density at radius 3 is 2.67 bits per heavy atom. The number of nitrogens with zero attached hydrogens (tertiary/aromatic N) is 1. The van der Waals surface area contributed by atoms with E-state index in [0.29, 0.717) is 36.4 Å². The Bertz CT molecular complexity index is 666. The number of amides is 2. The van der Waals surface area contributed by atoms with Gasteiger partial charge in [-0.15, -0.1) is 0 Å². The molecule has 0 aliphatic heterocycles. The summed E-state index contributed by atoms with van der Waals surface area (Å²) in [4.78, 5) is 24.8. The minimum atomic E-state index is -2.57. The number of carbonyl (C=O) groups is 2. The van der Waals surface area contributed by atoms with Crippen molar-refractivity contribution >= 4 is 17.7 Å². The number of urea groups is 1. The third-order valence-corrected chi connectivity index (χ3v) is 4.52. The van der Waals surface area contributed by atoms with Gasteiger partial charge in [-0.1, -0.05) is 13.0 Å². The van der Waals surface area contributed by atoms with E-state index in [-0.39, 0.29) is 18.6 Å². The number of carbonyl (C=O) groups excluding carboxylic acids is 1. The van der Waals surface area contributed by atoms with Crippen molar-refractivity contribution in [2.45, 2.75) is 45.2 Å². The largest absolute Gasteiger partial charge is 0.487 e. The van der Waals surface area contributed by atoms with E-state index in [1.807, 2.05) is 11.8 Å². The summed E-state index contributed by atoms with van der Waals surface area (Å²) in [5.41, 5.74) is 1.14. The molecule has 9 heteroatoms. The first-order valence-electron chi connectivity index (χ1n) is 8.83. The summed E-state index contributed by atoms with van der Waals surface area (Å²) < 4.78 is 29.6. The summed E-state index contributed by atoms with van der Waals surface area (Å²) in [5, 5.41) is 14.4. The monoisotopic (exact) mass is 385 g/mol. The number of carboxylic acid groups (broad SMARTS) is 1. The van der Waals surface area contributed by atoms with E-state index in [4.69, 9.17) is 9.84 Å². The van der Waals surface area contributed by atoms with Gasteiger partial charge in [-0.3, -0.25) is 9.69 Å². The molecular formula is C18H25F2N3O4. The van der Waals surface area contributed by atoms with Crippen LogP contribution in [0.4, 0.5) is 19.3 Å². The minimum Gasteiger partial charge on any atom is -0.487 e. The highest BCUT2D eigenvalue weighted by atomic mass is 19.3. The van der Waals surface area contributed by atoms with Gasteiger partial charge in [0.25, 0.3) is 6.43 Å². The SMILES string of the molecule is CCN(CC(=O)O)C1CC(NC(=O)Nc2ccc(C)c(OCC(F)F)c2)C1. The molecule has 0 radical (unpaired) electrons. The number of carboxylic acids is 1. The van der Waals surface area contributed by atoms with Crippen LogP contribution in [0.3, 0.4) is 0 Å². The van der Waals surface area contributed by atoms with Gasteiger partial charge in [0.05, 0.1) is 6.54 Å². The van der Waals surface area contributed by atoms with Gasteiger partial charge >= 0.3 is 12.0 Å². The Balaban J connectivity index is 1.81. The topological polar surface area (TPSA) is 90.9 Å². The van der Waals surface area contributed by atoms with Gasteiger partial charge in [-0.2, -0.15) is 0 Å². The predicted octanol–water partition coefficient (Wildman–Crippen LogP) is 2.70. The molecule has 0 unspecified atom stereocenters. The van der Waals surface area contributed by atoms with E-state index in [1.54, 1.807) is 19.1 Å². The number of aliphatic carboxylic acids is 1. The number of halogens is 2. The Morgan fingerprint density at radius 2 is 2.07 bits per heavy atom. The Hall–Kier alpha value is -2.42. The number of likely N-dealkylation sites (N-methyl/N-ethyl adjacent to an activating group) is 1. The van der Waals surface area contributed by atoms with E-state index in [9.17, 15) is 18.4 Å². The van der Waals surface area contributed by atoms with E-state index in [0.717, 1.165) is 0 Å². The maximum absolute atomic E-state index is 12.3. The van der Waals surface area contributed by atoms with Crippen LogP contribution in [0, 0.1) is 6.92 Å². The summed E-state index contributed by atoms with van der Waals surface area (Å²) in [6, 6.07) is 4.57. The standard InChI is InChI=1S/C18H25F2N3O4/c1-3-23(9-17(24)25)14-6-13(7-14)22-18(26)21-12-5-4-11(2)15(8-12)27-10-16(19)20/h4-5,8,13-14,16H,3,6-7,9-10H2,1-2H3,(H,24,25)(H2,21,22,26). The molecule has 1 aliphatic carbocycles. The number of hydrogen-bond donors (Lipinski definition) is 3. The lowest BCUT2D eigenvalue weighted by Crippen LogP contribution is -2.55. The number of benzene rings is 1. The third kappa shape index (κ3) is 6.35. The lowest BCUT2D eigenvalue weighted by Gasteiger charge is -2.42. The highest BCUT2D eigenvalue weighted by molar-refractivity contribution is 5.89. The molecule has 0 aromatic heterocycles. The maximum Gasteiger partial charge on any atom is 0.319 e. The number of aryl methyl sites for hydroxylation is 1. The number of hydrogen-bond acceptors (Lipinski definition) is 4. The summed E-state index contributed by atoms with van der Waals surface area (Å²) in [5.74, 6) is -0.570. The van der Waals surface area contributed by atoms with Crippen LogP contribution in [0.2, 0.25) is 0 Å². The molecule has 0 spiro atoms. The Morgan fingerprint density at radius 1 is 1.37 bits per heavy atom. The van der Waals surface area contributed by atoms with Crippen molar-refractivity contribution in [1.29, 1.82) is 0 Å². The molecule has 1 saturated carbocycles. The first kappa shape index (κ1) is 20.9. The smallest absolute Gasteiger partial charge is 0.319 e. The van der Waals surface area contributed by atoms with Crippen LogP contribution in [0.1, 0.15) is 25.3 Å². The van der Waals surface area contributed by atoms with Crippen molar-refractivity contribution < 1.29 is 28.2 Å². The normalized spacial score (nSPS) is 18.9. The van der Waals surface area contributed by atoms with Crippen LogP contribution in [0.15, 0.2) is 18.2 Å². The fraction of sp³-hybridized carbons (Fsp3) is 0.556. The molecule has 1 aromatic carbocycles. The summed E-state index contributed by atoms with van der Waals surface area (Å²) in [7, 11) is 0. The van der Waals surface area contributed by atoms with Crippen molar-refractivity contribution in [3.63, 3.8) is 0 Å². The zero-order chi connectivity index (χ0) is 20.0. The molecule has 0 atom stereocenters. The highest BCUT2D eigenvalue weighted by Gasteiger charge is 2.34. The molecule has 0 saturated heterocycles. The first-order chi connectivity index (χ1) is 12.8. The number of rotatable bonds is 9. The van der Waals surface area contributed by atoms with Crippen LogP contribution in [0.25, 0.3) is 0 Å². The molecule has 1 aliphatic rings. The average molecular weight is 385 g/mol. The molecule has 1 aromatic rings. The minimum absolute atomic E-state index is 0.00908. The van der Waals surface area contributed by atoms with Crippen molar-refractivity contribution in [2.75, 3.05) is 25.0 Å². The molecule has 3 N–H and O–H groups in total. The molecular weight excluding hydrogens is 360 g/mol. The molecule has 1 fully saturated rings. The zero-order valence-corrected chi connectivity index (χ0v) is 15.4. The van der Waals surface area contributed by atoms with Crippen LogP contribution in [0.5, 0.6) is 5.75 Å². The summed E-state index contributed by atoms with van der Waals surface area (Å²) in [6.45, 7) is 3.56.